The van der Waals surface area contributed by atoms with Crippen molar-refractivity contribution in [3.63, 3.8) is 0 Å². The van der Waals surface area contributed by atoms with Crippen LogP contribution in [0.25, 0.3) is 0 Å². The molecular weight excluding hydrogens is 264 g/mol. The summed E-state index contributed by atoms with van der Waals surface area (Å²) in [6, 6.07) is 0.00340. The van der Waals surface area contributed by atoms with Gasteiger partial charge in [0.25, 0.3) is 0 Å². The van der Waals surface area contributed by atoms with E-state index in [1.54, 1.807) is 10.9 Å². The first kappa shape index (κ1) is 14.5. The van der Waals surface area contributed by atoms with E-state index in [9.17, 15) is 8.42 Å². The van der Waals surface area contributed by atoms with Crippen LogP contribution in [-0.2, 0) is 16.6 Å². The third-order valence-electron chi connectivity index (χ3n) is 3.52. The molecule has 1 aliphatic rings. The van der Waals surface area contributed by atoms with Crippen LogP contribution in [0.5, 0.6) is 0 Å². The van der Waals surface area contributed by atoms with Crippen LogP contribution in [0.2, 0.25) is 0 Å². The van der Waals surface area contributed by atoms with Gasteiger partial charge in [-0.15, -0.1) is 0 Å². The van der Waals surface area contributed by atoms with E-state index in [0.29, 0.717) is 6.54 Å². The van der Waals surface area contributed by atoms with Crippen molar-refractivity contribution in [3.8, 4) is 0 Å². The summed E-state index contributed by atoms with van der Waals surface area (Å²) in [6.07, 6.45) is 4.92. The molecule has 2 heterocycles. The molecule has 1 fully saturated rings. The number of aromatic nitrogens is 2. The van der Waals surface area contributed by atoms with Gasteiger partial charge in [-0.3, -0.25) is 4.68 Å². The van der Waals surface area contributed by atoms with Gasteiger partial charge >= 0.3 is 0 Å². The second-order valence-corrected chi connectivity index (χ2v) is 6.60. The summed E-state index contributed by atoms with van der Waals surface area (Å²) in [4.78, 5) is 2.52. The van der Waals surface area contributed by atoms with Gasteiger partial charge in [0.1, 0.15) is 4.90 Å². The first-order valence-electron chi connectivity index (χ1n) is 6.82. The number of hydrogen-bond donors (Lipinski definition) is 1. The number of sulfonamides is 1. The molecule has 0 amide bonds. The quantitative estimate of drug-likeness (QED) is 0.864. The number of likely N-dealkylation sites (N-methyl/N-ethyl adjacent to an activating group) is 1. The molecule has 1 N–H and O–H groups in total. The van der Waals surface area contributed by atoms with Crippen LogP contribution < -0.4 is 4.72 Å². The van der Waals surface area contributed by atoms with Gasteiger partial charge in [0.05, 0.1) is 6.20 Å². The van der Waals surface area contributed by atoms with Crippen LogP contribution in [0.15, 0.2) is 17.3 Å². The van der Waals surface area contributed by atoms with Gasteiger partial charge in [0, 0.05) is 25.3 Å². The van der Waals surface area contributed by atoms with E-state index >= 15 is 0 Å². The number of rotatable bonds is 5. The highest BCUT2D eigenvalue weighted by Crippen LogP contribution is 2.14. The third kappa shape index (κ3) is 3.55. The molecule has 6 nitrogen and oxygen atoms in total. The predicted octanol–water partition coefficient (Wildman–Crippen LogP) is 0.666. The molecule has 1 aliphatic heterocycles. The second kappa shape index (κ2) is 6.02. The first-order valence-corrected chi connectivity index (χ1v) is 8.30. The van der Waals surface area contributed by atoms with Crippen LogP contribution in [0.4, 0.5) is 0 Å². The number of piperidine rings is 1. The Bertz CT molecular complexity index is 512. The molecular formula is C12H22N4O2S. The first-order chi connectivity index (χ1) is 9.05. The Morgan fingerprint density at radius 3 is 2.84 bits per heavy atom. The number of nitrogens with one attached hydrogen (secondary N) is 1. The lowest BCUT2D eigenvalue weighted by atomic mass is 10.1. The maximum Gasteiger partial charge on any atom is 0.243 e. The number of likely N-dealkylation sites (tertiary alicyclic amines) is 1. The lowest BCUT2D eigenvalue weighted by Crippen LogP contribution is -2.47. The van der Waals surface area contributed by atoms with E-state index in [0.717, 1.165) is 32.5 Å². The smallest absolute Gasteiger partial charge is 0.243 e. The summed E-state index contributed by atoms with van der Waals surface area (Å²) in [6.45, 7) is 7.51. The molecule has 1 atom stereocenters. The van der Waals surface area contributed by atoms with E-state index in [1.807, 2.05) is 6.92 Å². The zero-order valence-corrected chi connectivity index (χ0v) is 12.4. The minimum Gasteiger partial charge on any atom is -0.302 e. The molecule has 0 aromatic carbocycles. The lowest BCUT2D eigenvalue weighted by Gasteiger charge is -2.31. The molecule has 7 heteroatoms. The van der Waals surface area contributed by atoms with Gasteiger partial charge in [0.15, 0.2) is 0 Å². The van der Waals surface area contributed by atoms with Crippen molar-refractivity contribution in [1.29, 1.82) is 0 Å². The maximum absolute atomic E-state index is 12.2. The van der Waals surface area contributed by atoms with E-state index in [1.165, 1.54) is 6.20 Å². The molecule has 1 aromatic rings. The minimum atomic E-state index is -3.44. The van der Waals surface area contributed by atoms with Gasteiger partial charge in [-0.2, -0.15) is 5.10 Å². The van der Waals surface area contributed by atoms with Gasteiger partial charge in [0.2, 0.25) is 10.0 Å². The average molecular weight is 286 g/mol. The molecule has 2 rings (SSSR count). The monoisotopic (exact) mass is 286 g/mol. The standard InChI is InChI=1S/C12H22N4O2S/c1-3-15-7-5-6-11(9-15)14-19(17,18)12-8-13-16(4-2)10-12/h8,10-11,14H,3-7,9H2,1-2H3/t11-/m0/s1. The fourth-order valence-corrected chi connectivity index (χ4v) is 3.60. The number of hydrogen-bond acceptors (Lipinski definition) is 4. The molecule has 1 aromatic heterocycles. The Balaban J connectivity index is 2.04. The Hall–Kier alpha value is -0.920. The zero-order valence-electron chi connectivity index (χ0n) is 11.5. The fourth-order valence-electron chi connectivity index (χ4n) is 2.38. The summed E-state index contributed by atoms with van der Waals surface area (Å²) in [5.74, 6) is 0. The highest BCUT2D eigenvalue weighted by Gasteiger charge is 2.25. The largest absolute Gasteiger partial charge is 0.302 e. The summed E-state index contributed by atoms with van der Waals surface area (Å²) >= 11 is 0. The maximum atomic E-state index is 12.2. The van der Waals surface area contributed by atoms with Crippen molar-refractivity contribution in [2.75, 3.05) is 19.6 Å². The topological polar surface area (TPSA) is 67.2 Å². The van der Waals surface area contributed by atoms with Crippen LogP contribution in [0, 0.1) is 0 Å². The zero-order chi connectivity index (χ0) is 13.9. The number of aryl methyl sites for hydroxylation is 1. The second-order valence-electron chi connectivity index (χ2n) is 4.89. The van der Waals surface area contributed by atoms with E-state index in [-0.39, 0.29) is 10.9 Å². The van der Waals surface area contributed by atoms with Crippen molar-refractivity contribution in [1.82, 2.24) is 19.4 Å². The Kier molecular flexibility index (Phi) is 4.59. The van der Waals surface area contributed by atoms with Gasteiger partial charge < -0.3 is 4.90 Å². The molecule has 0 saturated carbocycles. The fraction of sp³-hybridized carbons (Fsp3) is 0.750. The number of nitrogens with zero attached hydrogens (tertiary/aromatic N) is 3. The minimum absolute atomic E-state index is 0.00340. The predicted molar refractivity (Wildman–Crippen MR) is 73.4 cm³/mol. The van der Waals surface area contributed by atoms with Crippen LogP contribution in [0.1, 0.15) is 26.7 Å². The summed E-state index contributed by atoms with van der Waals surface area (Å²) < 4.78 is 28.9. The highest BCUT2D eigenvalue weighted by atomic mass is 32.2. The van der Waals surface area contributed by atoms with E-state index in [4.69, 9.17) is 0 Å². The normalized spacial score (nSPS) is 21.7. The van der Waals surface area contributed by atoms with Crippen molar-refractivity contribution < 1.29 is 8.42 Å². The Morgan fingerprint density at radius 1 is 1.42 bits per heavy atom. The van der Waals surface area contributed by atoms with Crippen LogP contribution in [-0.4, -0.2) is 48.8 Å². The highest BCUT2D eigenvalue weighted by molar-refractivity contribution is 7.89. The summed E-state index contributed by atoms with van der Waals surface area (Å²) in [5, 5.41) is 4.01. The Labute approximate surface area is 114 Å². The molecule has 108 valence electrons. The lowest BCUT2D eigenvalue weighted by molar-refractivity contribution is 0.211. The average Bonchev–Trinajstić information content (AvgIpc) is 2.88. The SMILES string of the molecule is CCN1CCC[C@H](NS(=O)(=O)c2cnn(CC)c2)C1. The third-order valence-corrected chi connectivity index (χ3v) is 4.99. The Morgan fingerprint density at radius 2 is 2.21 bits per heavy atom. The molecule has 19 heavy (non-hydrogen) atoms. The van der Waals surface area contributed by atoms with Crippen molar-refractivity contribution in [2.24, 2.45) is 0 Å². The summed E-state index contributed by atoms with van der Waals surface area (Å²) in [5.41, 5.74) is 0. The molecule has 0 radical (unpaired) electrons. The molecule has 1 saturated heterocycles. The van der Waals surface area contributed by atoms with Crippen molar-refractivity contribution in [3.05, 3.63) is 12.4 Å². The van der Waals surface area contributed by atoms with E-state index in [2.05, 4.69) is 21.6 Å². The van der Waals surface area contributed by atoms with Gasteiger partial charge in [-0.05, 0) is 32.9 Å². The molecule has 0 unspecified atom stereocenters. The van der Waals surface area contributed by atoms with Gasteiger partial charge in [-0.25, -0.2) is 13.1 Å². The van der Waals surface area contributed by atoms with Gasteiger partial charge in [-0.1, -0.05) is 6.92 Å². The van der Waals surface area contributed by atoms with Crippen LogP contribution in [0.3, 0.4) is 0 Å². The molecule has 0 spiro atoms. The van der Waals surface area contributed by atoms with E-state index < -0.39 is 10.0 Å². The van der Waals surface area contributed by atoms with Crippen LogP contribution >= 0.6 is 0 Å². The molecule has 0 aliphatic carbocycles. The molecule has 0 bridgehead atoms. The van der Waals surface area contributed by atoms with Crippen molar-refractivity contribution in [2.45, 2.75) is 44.2 Å². The van der Waals surface area contributed by atoms with Crippen molar-refractivity contribution >= 4 is 10.0 Å². The summed E-state index contributed by atoms with van der Waals surface area (Å²) in [7, 11) is -3.44.